The summed E-state index contributed by atoms with van der Waals surface area (Å²) in [7, 11) is 0. The van der Waals surface area contributed by atoms with Gasteiger partial charge in [-0.3, -0.25) is 0 Å². The number of nitrogens with zero attached hydrogens (tertiary/aromatic N) is 5. The molecule has 0 bridgehead atoms. The predicted octanol–water partition coefficient (Wildman–Crippen LogP) is 4.67. The molecule has 2 aromatic rings. The molecule has 2 saturated carbocycles. The lowest BCUT2D eigenvalue weighted by atomic mass is 9.92. The Morgan fingerprint density at radius 1 is 1.03 bits per heavy atom. The molecule has 0 unspecified atom stereocenters. The highest BCUT2D eigenvalue weighted by atomic mass is 35.5. The summed E-state index contributed by atoms with van der Waals surface area (Å²) in [5.41, 5.74) is 7.82. The highest BCUT2D eigenvalue weighted by molar-refractivity contribution is 5.86. The SMILES string of the molecule is C=CCOC(=O)N1CCC(Nc2nc(N[C@H]3CC[C@H](N)CC3)nc3c2ncn3C2CCCC2)CC1.Cl.Cl. The minimum absolute atomic E-state index is 0. The number of piperidine rings is 1. The van der Waals surface area contributed by atoms with E-state index in [0.29, 0.717) is 37.2 Å². The number of hydrogen-bond acceptors (Lipinski definition) is 8. The molecule has 1 saturated heterocycles. The Hall–Kier alpha value is -2.30. The van der Waals surface area contributed by atoms with Crippen molar-refractivity contribution < 1.29 is 9.53 Å². The Morgan fingerprint density at radius 2 is 1.70 bits per heavy atom. The van der Waals surface area contributed by atoms with Gasteiger partial charge in [0.25, 0.3) is 0 Å². The maximum absolute atomic E-state index is 12.2. The molecule has 5 rings (SSSR count). The molecule has 1 aliphatic heterocycles. The molecule has 2 aliphatic carbocycles. The molecule has 4 N–H and O–H groups in total. The van der Waals surface area contributed by atoms with E-state index in [0.717, 1.165) is 55.5 Å². The molecule has 0 aromatic carbocycles. The second kappa shape index (κ2) is 13.5. The van der Waals surface area contributed by atoms with Crippen molar-refractivity contribution in [2.24, 2.45) is 5.73 Å². The Balaban J connectivity index is 0.00000190. The number of anilines is 2. The average molecular weight is 556 g/mol. The summed E-state index contributed by atoms with van der Waals surface area (Å²) in [6.45, 7) is 5.13. The molecule has 0 radical (unpaired) electrons. The number of fused-ring (bicyclic) bond motifs is 1. The van der Waals surface area contributed by atoms with Crippen molar-refractivity contribution in [2.75, 3.05) is 30.3 Å². The molecule has 12 heteroatoms. The quantitative estimate of drug-likeness (QED) is 0.422. The van der Waals surface area contributed by atoms with Crippen LogP contribution in [0.15, 0.2) is 19.0 Å². The first-order valence-corrected chi connectivity index (χ1v) is 13.2. The van der Waals surface area contributed by atoms with Gasteiger partial charge in [-0.2, -0.15) is 9.97 Å². The van der Waals surface area contributed by atoms with Gasteiger partial charge in [-0.05, 0) is 51.4 Å². The third-order valence-corrected chi connectivity index (χ3v) is 7.66. The zero-order chi connectivity index (χ0) is 24.2. The van der Waals surface area contributed by atoms with Crippen LogP contribution in [0.3, 0.4) is 0 Å². The number of imidazole rings is 1. The number of carbonyl (C=O) groups excluding carboxylic acids is 1. The number of halogens is 2. The molecular formula is C25H40Cl2N8O2. The van der Waals surface area contributed by atoms with E-state index in [-0.39, 0.29) is 43.6 Å². The summed E-state index contributed by atoms with van der Waals surface area (Å²) in [5, 5.41) is 7.22. The standard InChI is InChI=1S/C25H38N8O2.2ClH/c1-2-15-35-25(34)32-13-11-19(12-14-32)28-22-21-23(33(16-27-21)20-5-3-4-6-20)31-24(30-22)29-18-9-7-17(26)8-10-18;;/h2,16-20H,1,3-15,26H2,(H2,28,29,30,31);2*1H/t17-,18-;;. The van der Waals surface area contributed by atoms with Crippen molar-refractivity contribution in [3.05, 3.63) is 19.0 Å². The summed E-state index contributed by atoms with van der Waals surface area (Å²) < 4.78 is 7.43. The van der Waals surface area contributed by atoms with E-state index in [1.54, 1.807) is 11.0 Å². The summed E-state index contributed by atoms with van der Waals surface area (Å²) in [4.78, 5) is 28.5. The summed E-state index contributed by atoms with van der Waals surface area (Å²) in [6, 6.07) is 1.30. The number of aromatic nitrogens is 4. The normalized spacial score (nSPS) is 22.7. The lowest BCUT2D eigenvalue weighted by Gasteiger charge is -2.32. The number of nitrogens with one attached hydrogen (secondary N) is 2. The molecule has 3 heterocycles. The van der Waals surface area contributed by atoms with Crippen molar-refractivity contribution in [2.45, 2.75) is 88.4 Å². The van der Waals surface area contributed by atoms with Crippen LogP contribution in [-0.4, -0.2) is 68.3 Å². The number of rotatable bonds is 7. The van der Waals surface area contributed by atoms with Crippen LogP contribution >= 0.6 is 24.8 Å². The van der Waals surface area contributed by atoms with Crippen molar-refractivity contribution in [1.82, 2.24) is 24.4 Å². The van der Waals surface area contributed by atoms with E-state index in [1.807, 2.05) is 6.33 Å². The Kier molecular flexibility index (Phi) is 10.7. The summed E-state index contributed by atoms with van der Waals surface area (Å²) in [6.07, 6.45) is 13.9. The fourth-order valence-electron chi connectivity index (χ4n) is 5.60. The van der Waals surface area contributed by atoms with Crippen molar-refractivity contribution in [3.8, 4) is 0 Å². The van der Waals surface area contributed by atoms with Gasteiger partial charge in [0.05, 0.1) is 6.33 Å². The van der Waals surface area contributed by atoms with E-state index < -0.39 is 0 Å². The lowest BCUT2D eigenvalue weighted by molar-refractivity contribution is 0.103. The first-order valence-electron chi connectivity index (χ1n) is 13.2. The number of ether oxygens (including phenoxy) is 1. The van der Waals surface area contributed by atoms with E-state index >= 15 is 0 Å². The Morgan fingerprint density at radius 3 is 2.38 bits per heavy atom. The van der Waals surface area contributed by atoms with Gasteiger partial charge in [0.15, 0.2) is 17.0 Å². The second-order valence-corrected chi connectivity index (χ2v) is 10.2. The Bertz CT molecular complexity index is 1030. The zero-order valence-corrected chi connectivity index (χ0v) is 22.9. The van der Waals surface area contributed by atoms with Crippen molar-refractivity contribution in [1.29, 1.82) is 0 Å². The topological polar surface area (TPSA) is 123 Å². The van der Waals surface area contributed by atoms with Gasteiger partial charge in [-0.25, -0.2) is 9.78 Å². The van der Waals surface area contributed by atoms with Gasteiger partial charge in [0.1, 0.15) is 6.61 Å². The Labute approximate surface area is 231 Å². The molecular weight excluding hydrogens is 515 g/mol. The van der Waals surface area contributed by atoms with Crippen molar-refractivity contribution in [3.63, 3.8) is 0 Å². The number of amides is 1. The summed E-state index contributed by atoms with van der Waals surface area (Å²) >= 11 is 0. The summed E-state index contributed by atoms with van der Waals surface area (Å²) in [5.74, 6) is 1.43. The molecule has 1 amide bonds. The number of nitrogens with two attached hydrogens (primary N) is 1. The van der Waals surface area contributed by atoms with Crippen LogP contribution in [-0.2, 0) is 4.74 Å². The van der Waals surface area contributed by atoms with Crippen LogP contribution in [0.25, 0.3) is 11.2 Å². The first kappa shape index (κ1) is 29.3. The van der Waals surface area contributed by atoms with Crippen LogP contribution in [0.1, 0.15) is 70.3 Å². The largest absolute Gasteiger partial charge is 0.445 e. The fraction of sp³-hybridized carbons (Fsp3) is 0.680. The second-order valence-electron chi connectivity index (χ2n) is 10.2. The number of hydrogen-bond donors (Lipinski definition) is 3. The van der Waals surface area contributed by atoms with E-state index in [2.05, 4.69) is 21.8 Å². The third kappa shape index (κ3) is 6.97. The molecule has 37 heavy (non-hydrogen) atoms. The van der Waals surface area contributed by atoms with Crippen LogP contribution in [0.2, 0.25) is 0 Å². The van der Waals surface area contributed by atoms with Gasteiger partial charge in [-0.1, -0.05) is 25.5 Å². The van der Waals surface area contributed by atoms with Crippen LogP contribution in [0.5, 0.6) is 0 Å². The van der Waals surface area contributed by atoms with E-state index in [4.69, 9.17) is 25.4 Å². The van der Waals surface area contributed by atoms with Gasteiger partial charge in [0, 0.05) is 37.3 Å². The highest BCUT2D eigenvalue weighted by Crippen LogP contribution is 2.34. The minimum atomic E-state index is -0.276. The molecule has 2 aromatic heterocycles. The van der Waals surface area contributed by atoms with E-state index in [1.165, 1.54) is 25.7 Å². The number of carbonyl (C=O) groups is 1. The maximum Gasteiger partial charge on any atom is 0.410 e. The van der Waals surface area contributed by atoms with Crippen LogP contribution < -0.4 is 16.4 Å². The van der Waals surface area contributed by atoms with Gasteiger partial charge < -0.3 is 30.6 Å². The first-order chi connectivity index (χ1) is 17.1. The lowest BCUT2D eigenvalue weighted by Crippen LogP contribution is -2.42. The molecule has 3 fully saturated rings. The zero-order valence-electron chi connectivity index (χ0n) is 21.3. The average Bonchev–Trinajstić information content (AvgIpc) is 3.54. The van der Waals surface area contributed by atoms with Gasteiger partial charge >= 0.3 is 6.09 Å². The third-order valence-electron chi connectivity index (χ3n) is 7.66. The van der Waals surface area contributed by atoms with Crippen LogP contribution in [0, 0.1) is 0 Å². The van der Waals surface area contributed by atoms with Gasteiger partial charge in [0.2, 0.25) is 5.95 Å². The van der Waals surface area contributed by atoms with E-state index in [9.17, 15) is 4.79 Å². The minimum Gasteiger partial charge on any atom is -0.445 e. The maximum atomic E-state index is 12.2. The predicted molar refractivity (Wildman–Crippen MR) is 151 cm³/mol. The molecule has 3 aliphatic rings. The fourth-order valence-corrected chi connectivity index (χ4v) is 5.60. The molecule has 206 valence electrons. The van der Waals surface area contributed by atoms with Crippen molar-refractivity contribution >= 4 is 53.8 Å². The number of likely N-dealkylation sites (tertiary alicyclic amines) is 1. The monoisotopic (exact) mass is 554 g/mol. The molecule has 0 atom stereocenters. The smallest absolute Gasteiger partial charge is 0.410 e. The highest BCUT2D eigenvalue weighted by Gasteiger charge is 2.27. The van der Waals surface area contributed by atoms with Gasteiger partial charge in [-0.15, -0.1) is 24.8 Å². The van der Waals surface area contributed by atoms with Crippen LogP contribution in [0.4, 0.5) is 16.6 Å². The molecule has 0 spiro atoms. The molecule has 10 nitrogen and oxygen atoms in total.